The van der Waals surface area contributed by atoms with E-state index in [0.717, 1.165) is 16.8 Å². The molecule has 2 rings (SSSR count). The van der Waals surface area contributed by atoms with Gasteiger partial charge < -0.3 is 5.43 Å². The number of halogens is 2. The van der Waals surface area contributed by atoms with Gasteiger partial charge in [-0.3, -0.25) is 0 Å². The van der Waals surface area contributed by atoms with Crippen LogP contribution in [0.2, 0.25) is 10.0 Å². The Balaban J connectivity index is 2.11. The first-order chi connectivity index (χ1) is 9.99. The molecule has 0 heterocycles. The lowest BCUT2D eigenvalue weighted by Gasteiger charge is -2.09. The summed E-state index contributed by atoms with van der Waals surface area (Å²) in [4.78, 5) is 0. The molecule has 0 aliphatic carbocycles. The molecule has 0 aliphatic rings. The van der Waals surface area contributed by atoms with E-state index in [-0.39, 0.29) is 0 Å². The predicted octanol–water partition coefficient (Wildman–Crippen LogP) is 5.12. The molecule has 0 fully saturated rings. The average molecular weight is 321 g/mol. The Morgan fingerprint density at radius 1 is 1.10 bits per heavy atom. The summed E-state index contributed by atoms with van der Waals surface area (Å²) in [6.45, 7) is 6.66. The second kappa shape index (κ2) is 6.97. The van der Waals surface area contributed by atoms with Crippen LogP contribution in [-0.4, -0.2) is 5.71 Å². The molecule has 0 saturated heterocycles. The minimum atomic E-state index is 0.501. The van der Waals surface area contributed by atoms with E-state index < -0.39 is 0 Å². The normalized spacial score (nSPS) is 11.6. The first kappa shape index (κ1) is 15.9. The van der Waals surface area contributed by atoms with Crippen molar-refractivity contribution < 1.29 is 0 Å². The fourth-order valence-electron chi connectivity index (χ4n) is 2.22. The molecule has 1 N–H and O–H groups in total. The minimum Gasteiger partial charge on any atom is -0.305 e. The first-order valence-electron chi connectivity index (χ1n) is 6.76. The Morgan fingerprint density at radius 2 is 1.76 bits per heavy atom. The number of hydrazone groups is 1. The monoisotopic (exact) mass is 320 g/mol. The average Bonchev–Trinajstić information content (AvgIpc) is 2.42. The molecule has 0 amide bonds. The van der Waals surface area contributed by atoms with E-state index in [2.05, 4.69) is 42.6 Å². The molecule has 0 radical (unpaired) electrons. The zero-order valence-corrected chi connectivity index (χ0v) is 13.9. The number of hydrogen-bond donors (Lipinski definition) is 1. The smallest absolute Gasteiger partial charge is 0.0647 e. The van der Waals surface area contributed by atoms with Gasteiger partial charge in [-0.1, -0.05) is 53.0 Å². The summed E-state index contributed by atoms with van der Waals surface area (Å²) < 4.78 is 0. The van der Waals surface area contributed by atoms with Gasteiger partial charge in [0.25, 0.3) is 0 Å². The highest BCUT2D eigenvalue weighted by Gasteiger charge is 2.05. The fourth-order valence-corrected chi connectivity index (χ4v) is 2.75. The molecule has 4 heteroatoms. The van der Waals surface area contributed by atoms with E-state index in [4.69, 9.17) is 23.2 Å². The van der Waals surface area contributed by atoms with E-state index in [0.29, 0.717) is 16.6 Å². The fraction of sp³-hybridized carbons (Fsp3) is 0.235. The summed E-state index contributed by atoms with van der Waals surface area (Å²) in [5.74, 6) is 0. The van der Waals surface area contributed by atoms with Crippen LogP contribution in [0.1, 0.15) is 29.2 Å². The number of nitrogens with one attached hydrogen (secondary N) is 1. The van der Waals surface area contributed by atoms with Crippen molar-refractivity contribution in [2.24, 2.45) is 5.10 Å². The van der Waals surface area contributed by atoms with Crippen LogP contribution in [0, 0.1) is 13.8 Å². The number of aryl methyl sites for hydroxylation is 2. The molecule has 2 nitrogen and oxygen atoms in total. The van der Waals surface area contributed by atoms with Crippen LogP contribution in [0.25, 0.3) is 0 Å². The summed E-state index contributed by atoms with van der Waals surface area (Å²) in [5.41, 5.74) is 8.45. The van der Waals surface area contributed by atoms with Crippen molar-refractivity contribution in [1.82, 2.24) is 5.43 Å². The third-order valence-corrected chi connectivity index (χ3v) is 4.04. The Labute approximate surface area is 135 Å². The Kier molecular flexibility index (Phi) is 5.27. The highest BCUT2D eigenvalue weighted by Crippen LogP contribution is 2.23. The van der Waals surface area contributed by atoms with Crippen LogP contribution in [-0.2, 0) is 6.54 Å². The van der Waals surface area contributed by atoms with Crippen molar-refractivity contribution in [3.63, 3.8) is 0 Å². The third-order valence-electron chi connectivity index (χ3n) is 3.34. The maximum atomic E-state index is 6.13. The second-order valence-corrected chi connectivity index (χ2v) is 5.87. The van der Waals surface area contributed by atoms with Crippen LogP contribution in [0.3, 0.4) is 0 Å². The summed E-state index contributed by atoms with van der Waals surface area (Å²) >= 11 is 12.3. The van der Waals surface area contributed by atoms with Crippen molar-refractivity contribution in [3.8, 4) is 0 Å². The van der Waals surface area contributed by atoms with Gasteiger partial charge in [-0.2, -0.15) is 5.10 Å². The molecule has 2 aromatic carbocycles. The van der Waals surface area contributed by atoms with Gasteiger partial charge in [-0.25, -0.2) is 0 Å². The lowest BCUT2D eigenvalue weighted by molar-refractivity contribution is 0.744. The van der Waals surface area contributed by atoms with Gasteiger partial charge in [-0.15, -0.1) is 0 Å². The maximum Gasteiger partial charge on any atom is 0.0647 e. The molecule has 110 valence electrons. The number of nitrogens with zero attached hydrogens (tertiary/aromatic N) is 1. The van der Waals surface area contributed by atoms with E-state index in [1.807, 2.05) is 25.1 Å². The van der Waals surface area contributed by atoms with Crippen molar-refractivity contribution in [1.29, 1.82) is 0 Å². The topological polar surface area (TPSA) is 24.4 Å². The molecule has 0 saturated carbocycles. The largest absolute Gasteiger partial charge is 0.305 e. The summed E-state index contributed by atoms with van der Waals surface area (Å²) in [5, 5.41) is 5.71. The molecule has 2 aromatic rings. The van der Waals surface area contributed by atoms with Crippen LogP contribution in [0.15, 0.2) is 41.5 Å². The lowest BCUT2D eigenvalue weighted by atomic mass is 10.0. The van der Waals surface area contributed by atoms with Crippen LogP contribution in [0.4, 0.5) is 0 Å². The van der Waals surface area contributed by atoms with Crippen molar-refractivity contribution in [3.05, 3.63) is 68.7 Å². The van der Waals surface area contributed by atoms with E-state index in [1.54, 1.807) is 0 Å². The highest BCUT2D eigenvalue weighted by molar-refractivity contribution is 6.35. The van der Waals surface area contributed by atoms with Gasteiger partial charge in [-0.05, 0) is 38.5 Å². The predicted molar refractivity (Wildman–Crippen MR) is 91.4 cm³/mol. The lowest BCUT2D eigenvalue weighted by Crippen LogP contribution is -2.11. The van der Waals surface area contributed by atoms with Crippen LogP contribution in [0.5, 0.6) is 0 Å². The molecule has 0 bridgehead atoms. The van der Waals surface area contributed by atoms with Gasteiger partial charge in [0.2, 0.25) is 0 Å². The molecule has 0 atom stereocenters. The zero-order chi connectivity index (χ0) is 15.4. The molecule has 0 spiro atoms. The Hall–Kier alpha value is -1.51. The number of benzene rings is 2. The van der Waals surface area contributed by atoms with Crippen molar-refractivity contribution >= 4 is 28.9 Å². The standard InChI is InChI=1S/C17H18Cl2N2/c1-11-7-8-14(12(2)9-11)13(3)21-20-10-15-16(18)5-4-6-17(15)19/h4-9,20H,10H2,1-3H3/b21-13-. The number of hydrogen-bond acceptors (Lipinski definition) is 2. The molecule has 0 aliphatic heterocycles. The van der Waals surface area contributed by atoms with Crippen molar-refractivity contribution in [2.45, 2.75) is 27.3 Å². The molecule has 0 unspecified atom stereocenters. The van der Waals surface area contributed by atoms with E-state index in [9.17, 15) is 0 Å². The van der Waals surface area contributed by atoms with E-state index >= 15 is 0 Å². The molecule has 0 aromatic heterocycles. The molecular weight excluding hydrogens is 303 g/mol. The second-order valence-electron chi connectivity index (χ2n) is 5.05. The summed E-state index contributed by atoms with van der Waals surface area (Å²) in [7, 11) is 0. The van der Waals surface area contributed by atoms with Gasteiger partial charge in [0.15, 0.2) is 0 Å². The maximum absolute atomic E-state index is 6.13. The van der Waals surface area contributed by atoms with Crippen LogP contribution < -0.4 is 5.43 Å². The summed E-state index contributed by atoms with van der Waals surface area (Å²) in [6.07, 6.45) is 0. The Morgan fingerprint density at radius 3 is 2.38 bits per heavy atom. The van der Waals surface area contributed by atoms with Crippen molar-refractivity contribution in [2.75, 3.05) is 0 Å². The van der Waals surface area contributed by atoms with Crippen LogP contribution >= 0.6 is 23.2 Å². The summed E-state index contributed by atoms with van der Waals surface area (Å²) in [6, 6.07) is 11.8. The quantitative estimate of drug-likeness (QED) is 0.613. The third kappa shape index (κ3) is 3.99. The minimum absolute atomic E-state index is 0.501. The molecular formula is C17H18Cl2N2. The molecule has 21 heavy (non-hydrogen) atoms. The van der Waals surface area contributed by atoms with Gasteiger partial charge in [0.05, 0.1) is 12.3 Å². The zero-order valence-electron chi connectivity index (χ0n) is 12.4. The highest BCUT2D eigenvalue weighted by atomic mass is 35.5. The number of rotatable bonds is 4. The van der Waals surface area contributed by atoms with Gasteiger partial charge in [0, 0.05) is 21.2 Å². The van der Waals surface area contributed by atoms with Gasteiger partial charge >= 0.3 is 0 Å². The SMILES string of the molecule is C/C(=N/NCc1c(Cl)cccc1Cl)c1ccc(C)cc1C. The van der Waals surface area contributed by atoms with Gasteiger partial charge in [0.1, 0.15) is 0 Å². The first-order valence-corrected chi connectivity index (χ1v) is 7.52. The Bertz CT molecular complexity index is 658. The van der Waals surface area contributed by atoms with E-state index in [1.165, 1.54) is 11.1 Å².